The summed E-state index contributed by atoms with van der Waals surface area (Å²) in [4.78, 5) is 20.9. The van der Waals surface area contributed by atoms with Gasteiger partial charge in [-0.2, -0.15) is 0 Å². The van der Waals surface area contributed by atoms with Crippen molar-refractivity contribution < 1.29 is 24.0 Å². The average molecular weight is 296 g/mol. The number of aliphatic carboxylic acids is 1. The number of carboxylic acids is 1. The third-order valence-corrected chi connectivity index (χ3v) is 2.64. The molecule has 0 radical (unpaired) electrons. The fraction of sp³-hybridized carbons (Fsp3) is 0.182. The van der Waals surface area contributed by atoms with Gasteiger partial charge in [-0.15, -0.1) is 5.10 Å². The third kappa shape index (κ3) is 2.78. The van der Waals surface area contributed by atoms with Crippen molar-refractivity contribution in [3.05, 3.63) is 34.3 Å². The topological polar surface area (TPSA) is 120 Å². The number of carboxylic acid groups (broad SMARTS) is 1. The van der Waals surface area contributed by atoms with E-state index in [4.69, 9.17) is 9.84 Å². The van der Waals surface area contributed by atoms with E-state index >= 15 is 0 Å². The molecule has 0 aliphatic carbocycles. The molecule has 110 valence electrons. The van der Waals surface area contributed by atoms with Gasteiger partial charge in [0.2, 0.25) is 0 Å². The summed E-state index contributed by atoms with van der Waals surface area (Å²) >= 11 is 0. The first-order chi connectivity index (χ1) is 9.93. The molecule has 0 saturated heterocycles. The minimum Gasteiger partial charge on any atom is -0.490 e. The van der Waals surface area contributed by atoms with Crippen LogP contribution in [0.15, 0.2) is 18.3 Å². The summed E-state index contributed by atoms with van der Waals surface area (Å²) in [7, 11) is 1.18. The van der Waals surface area contributed by atoms with Crippen molar-refractivity contribution in [2.45, 2.75) is 6.54 Å². The molecular formula is C11H9FN4O5. The Morgan fingerprint density at radius 3 is 2.86 bits per heavy atom. The molecule has 21 heavy (non-hydrogen) atoms. The van der Waals surface area contributed by atoms with Crippen LogP contribution < -0.4 is 4.74 Å². The van der Waals surface area contributed by atoms with Gasteiger partial charge in [-0.1, -0.05) is 5.21 Å². The molecular weight excluding hydrogens is 287 g/mol. The van der Waals surface area contributed by atoms with Crippen LogP contribution in [0.3, 0.4) is 0 Å². The first-order valence-corrected chi connectivity index (χ1v) is 5.56. The Balaban J connectivity index is 2.59. The van der Waals surface area contributed by atoms with Gasteiger partial charge >= 0.3 is 11.7 Å². The lowest BCUT2D eigenvalue weighted by Gasteiger charge is -2.07. The maximum atomic E-state index is 14.0. The highest BCUT2D eigenvalue weighted by atomic mass is 19.1. The molecule has 0 amide bonds. The Morgan fingerprint density at radius 1 is 1.57 bits per heavy atom. The van der Waals surface area contributed by atoms with Gasteiger partial charge in [0.05, 0.1) is 23.9 Å². The first-order valence-electron chi connectivity index (χ1n) is 5.56. The highest BCUT2D eigenvalue weighted by molar-refractivity contribution is 5.70. The van der Waals surface area contributed by atoms with Crippen molar-refractivity contribution in [1.82, 2.24) is 15.0 Å². The highest BCUT2D eigenvalue weighted by Crippen LogP contribution is 2.34. The van der Waals surface area contributed by atoms with Crippen LogP contribution in [0.25, 0.3) is 11.3 Å². The predicted molar refractivity (Wildman–Crippen MR) is 66.3 cm³/mol. The van der Waals surface area contributed by atoms with Crippen molar-refractivity contribution in [3.8, 4) is 17.0 Å². The minimum atomic E-state index is -1.20. The van der Waals surface area contributed by atoms with Crippen molar-refractivity contribution in [2.24, 2.45) is 0 Å². The fourth-order valence-electron chi connectivity index (χ4n) is 1.76. The number of halogens is 1. The minimum absolute atomic E-state index is 0.0145. The molecule has 2 aromatic rings. The number of carbonyl (C=O) groups is 1. The quantitative estimate of drug-likeness (QED) is 0.647. The molecule has 2 rings (SSSR count). The molecule has 0 saturated carbocycles. The van der Waals surface area contributed by atoms with Crippen LogP contribution in [-0.4, -0.2) is 38.1 Å². The lowest BCUT2D eigenvalue weighted by molar-refractivity contribution is -0.385. The third-order valence-electron chi connectivity index (χ3n) is 2.64. The van der Waals surface area contributed by atoms with E-state index in [9.17, 15) is 19.3 Å². The zero-order valence-electron chi connectivity index (χ0n) is 10.7. The van der Waals surface area contributed by atoms with Crippen molar-refractivity contribution in [1.29, 1.82) is 0 Å². The monoisotopic (exact) mass is 296 g/mol. The molecule has 0 atom stereocenters. The summed E-state index contributed by atoms with van der Waals surface area (Å²) in [5.41, 5.74) is -0.619. The van der Waals surface area contributed by atoms with E-state index < -0.39 is 28.9 Å². The Morgan fingerprint density at radius 2 is 2.29 bits per heavy atom. The summed E-state index contributed by atoms with van der Waals surface area (Å²) in [5.74, 6) is -2.25. The molecule has 1 aromatic carbocycles. The number of nitrogens with zero attached hydrogens (tertiary/aromatic N) is 4. The van der Waals surface area contributed by atoms with E-state index in [-0.39, 0.29) is 17.0 Å². The smallest absolute Gasteiger partial charge is 0.325 e. The van der Waals surface area contributed by atoms with Gasteiger partial charge < -0.3 is 9.84 Å². The number of nitro groups is 1. The number of hydrogen-bond donors (Lipinski definition) is 1. The second kappa shape index (κ2) is 5.53. The number of benzene rings is 1. The van der Waals surface area contributed by atoms with E-state index in [0.717, 1.165) is 23.0 Å². The van der Waals surface area contributed by atoms with Gasteiger partial charge in [0.25, 0.3) is 0 Å². The van der Waals surface area contributed by atoms with Gasteiger partial charge in [-0.25, -0.2) is 9.07 Å². The zero-order chi connectivity index (χ0) is 15.6. The van der Waals surface area contributed by atoms with Crippen LogP contribution in [0.4, 0.5) is 10.1 Å². The molecule has 1 heterocycles. The molecule has 10 heteroatoms. The number of ether oxygens (including phenoxy) is 1. The molecule has 1 aromatic heterocycles. The first kappa shape index (κ1) is 14.4. The van der Waals surface area contributed by atoms with E-state index in [1.807, 2.05) is 0 Å². The van der Waals surface area contributed by atoms with Crippen LogP contribution in [0.1, 0.15) is 0 Å². The largest absolute Gasteiger partial charge is 0.490 e. The van der Waals surface area contributed by atoms with Crippen molar-refractivity contribution in [3.63, 3.8) is 0 Å². The number of methoxy groups -OCH3 is 1. The lowest BCUT2D eigenvalue weighted by Crippen LogP contribution is -2.12. The number of nitro benzene ring substituents is 1. The second-order valence-electron chi connectivity index (χ2n) is 3.93. The van der Waals surface area contributed by atoms with Gasteiger partial charge in [-0.3, -0.25) is 14.9 Å². The van der Waals surface area contributed by atoms with Crippen molar-refractivity contribution in [2.75, 3.05) is 7.11 Å². The van der Waals surface area contributed by atoms with Crippen LogP contribution in [0.2, 0.25) is 0 Å². The highest BCUT2D eigenvalue weighted by Gasteiger charge is 2.22. The number of rotatable bonds is 5. The Kier molecular flexibility index (Phi) is 3.78. The standard InChI is InChI=1S/C11H9FN4O5/c1-21-10-3-7(12)6(2-8(10)16(19)20)9-4-13-14-15(9)5-11(17)18/h2-4H,5H2,1H3,(H,17,18). The zero-order valence-corrected chi connectivity index (χ0v) is 10.7. The van der Waals surface area contributed by atoms with Crippen LogP contribution in [0, 0.1) is 15.9 Å². The fourth-order valence-corrected chi connectivity index (χ4v) is 1.76. The number of hydrogen-bond acceptors (Lipinski definition) is 6. The lowest BCUT2D eigenvalue weighted by atomic mass is 10.1. The molecule has 0 spiro atoms. The van der Waals surface area contributed by atoms with E-state index in [2.05, 4.69) is 10.3 Å². The Hall–Kier alpha value is -3.04. The molecule has 0 unspecified atom stereocenters. The Bertz CT molecular complexity index is 715. The molecule has 9 nitrogen and oxygen atoms in total. The van der Waals surface area contributed by atoms with Crippen molar-refractivity contribution >= 4 is 11.7 Å². The van der Waals surface area contributed by atoms with Crippen LogP contribution >= 0.6 is 0 Å². The molecule has 0 aliphatic rings. The summed E-state index contributed by atoms with van der Waals surface area (Å²) < 4.78 is 19.7. The average Bonchev–Trinajstić information content (AvgIpc) is 2.85. The van der Waals surface area contributed by atoms with Gasteiger partial charge in [0.15, 0.2) is 5.75 Å². The normalized spacial score (nSPS) is 10.4. The predicted octanol–water partition coefficient (Wildman–Crippen LogP) is 1.09. The van der Waals surface area contributed by atoms with Gasteiger partial charge in [-0.05, 0) is 0 Å². The SMILES string of the molecule is COc1cc(F)c(-c2cnnn2CC(=O)O)cc1[N+](=O)[O-]. The second-order valence-corrected chi connectivity index (χ2v) is 3.93. The maximum absolute atomic E-state index is 14.0. The van der Waals surface area contributed by atoms with E-state index in [1.54, 1.807) is 0 Å². The van der Waals surface area contributed by atoms with Gasteiger partial charge in [0, 0.05) is 17.7 Å². The van der Waals surface area contributed by atoms with E-state index in [1.165, 1.54) is 7.11 Å². The molecule has 0 bridgehead atoms. The molecule has 1 N–H and O–H groups in total. The summed E-state index contributed by atoms with van der Waals surface area (Å²) in [6, 6.07) is 1.80. The van der Waals surface area contributed by atoms with Crippen LogP contribution in [-0.2, 0) is 11.3 Å². The number of aromatic nitrogens is 3. The Labute approximate surface area is 116 Å². The van der Waals surface area contributed by atoms with Crippen LogP contribution in [0.5, 0.6) is 5.75 Å². The molecule has 0 aliphatic heterocycles. The van der Waals surface area contributed by atoms with Gasteiger partial charge in [0.1, 0.15) is 12.4 Å². The maximum Gasteiger partial charge on any atom is 0.325 e. The summed E-state index contributed by atoms with van der Waals surface area (Å²) in [5, 5.41) is 26.7. The molecule has 0 fully saturated rings. The van der Waals surface area contributed by atoms with E-state index in [0.29, 0.717) is 0 Å². The summed E-state index contributed by atoms with van der Waals surface area (Å²) in [6.07, 6.45) is 1.12. The summed E-state index contributed by atoms with van der Waals surface area (Å²) in [6.45, 7) is -0.547.